The topological polar surface area (TPSA) is 52.5 Å². The van der Waals surface area contributed by atoms with Crippen molar-refractivity contribution < 1.29 is 10.2 Å². The van der Waals surface area contributed by atoms with E-state index in [0.29, 0.717) is 19.4 Å². The van der Waals surface area contributed by atoms with Gasteiger partial charge in [-0.2, -0.15) is 0 Å². The summed E-state index contributed by atoms with van der Waals surface area (Å²) in [5.74, 6) is 0. The monoisotopic (exact) mass is 117 g/mol. The highest BCUT2D eigenvalue weighted by Crippen LogP contribution is 2.04. The van der Waals surface area contributed by atoms with Crippen molar-refractivity contribution in [2.24, 2.45) is 0 Å². The van der Waals surface area contributed by atoms with Crippen molar-refractivity contribution in [2.45, 2.75) is 25.2 Å². The highest BCUT2D eigenvalue weighted by molar-refractivity contribution is 4.69. The summed E-state index contributed by atoms with van der Waals surface area (Å²) in [6.45, 7) is 0.529. The maximum atomic E-state index is 8.85. The smallest absolute Gasteiger partial charge is 0.105 e. The fraction of sp³-hybridized carbons (Fsp3) is 1.00. The molecule has 3 N–H and O–H groups in total. The van der Waals surface area contributed by atoms with E-state index in [0.717, 1.165) is 0 Å². The number of hydrogen-bond acceptors (Lipinski definition) is 3. The van der Waals surface area contributed by atoms with Crippen molar-refractivity contribution in [1.29, 1.82) is 0 Å². The third-order valence-corrected chi connectivity index (χ3v) is 1.36. The van der Waals surface area contributed by atoms with Crippen LogP contribution in [0.1, 0.15) is 12.8 Å². The molecule has 0 aromatic heterocycles. The van der Waals surface area contributed by atoms with Gasteiger partial charge in [0.1, 0.15) is 6.23 Å². The molecule has 1 heterocycles. The molecule has 8 heavy (non-hydrogen) atoms. The van der Waals surface area contributed by atoms with Gasteiger partial charge in [0.25, 0.3) is 0 Å². The first kappa shape index (κ1) is 6.01. The first-order valence-electron chi connectivity index (χ1n) is 2.88. The molecule has 2 unspecified atom stereocenters. The molecule has 0 spiro atoms. The van der Waals surface area contributed by atoms with Gasteiger partial charge in [-0.3, -0.25) is 5.32 Å². The second-order valence-electron chi connectivity index (χ2n) is 2.16. The van der Waals surface area contributed by atoms with E-state index in [4.69, 9.17) is 10.2 Å². The van der Waals surface area contributed by atoms with Crippen molar-refractivity contribution >= 4 is 0 Å². The van der Waals surface area contributed by atoms with Crippen molar-refractivity contribution in [2.75, 3.05) is 6.54 Å². The lowest BCUT2D eigenvalue weighted by atomic mass is 10.1. The molecule has 0 amide bonds. The minimum Gasteiger partial charge on any atom is -0.392 e. The van der Waals surface area contributed by atoms with Crippen LogP contribution in [0.4, 0.5) is 0 Å². The predicted octanol–water partition coefficient (Wildman–Crippen LogP) is -0.951. The van der Waals surface area contributed by atoms with Gasteiger partial charge in [-0.25, -0.2) is 0 Å². The Balaban J connectivity index is 2.19. The zero-order valence-electron chi connectivity index (χ0n) is 4.67. The number of nitrogens with one attached hydrogen (secondary N) is 1. The van der Waals surface area contributed by atoms with E-state index >= 15 is 0 Å². The van der Waals surface area contributed by atoms with Crippen LogP contribution in [-0.2, 0) is 0 Å². The van der Waals surface area contributed by atoms with Crippen LogP contribution >= 0.6 is 0 Å². The third-order valence-electron chi connectivity index (χ3n) is 1.36. The molecule has 0 radical (unpaired) electrons. The highest BCUT2D eigenvalue weighted by atomic mass is 16.3. The Morgan fingerprint density at radius 3 is 2.38 bits per heavy atom. The van der Waals surface area contributed by atoms with Gasteiger partial charge in [-0.05, 0) is 12.8 Å². The van der Waals surface area contributed by atoms with Crippen LogP contribution in [0.5, 0.6) is 0 Å². The number of rotatable bonds is 0. The molecule has 0 aromatic rings. The van der Waals surface area contributed by atoms with Gasteiger partial charge in [0.05, 0.1) is 6.10 Å². The van der Waals surface area contributed by atoms with Crippen LogP contribution in [0, 0.1) is 0 Å². The summed E-state index contributed by atoms with van der Waals surface area (Å²) in [7, 11) is 0. The van der Waals surface area contributed by atoms with Gasteiger partial charge < -0.3 is 10.2 Å². The van der Waals surface area contributed by atoms with Gasteiger partial charge in [-0.15, -0.1) is 0 Å². The van der Waals surface area contributed by atoms with Gasteiger partial charge in [0.2, 0.25) is 0 Å². The first-order valence-corrected chi connectivity index (χ1v) is 2.88. The average Bonchev–Trinajstić information content (AvgIpc) is 1.77. The van der Waals surface area contributed by atoms with E-state index in [9.17, 15) is 0 Å². The van der Waals surface area contributed by atoms with Crippen LogP contribution < -0.4 is 5.32 Å². The molecule has 1 fully saturated rings. The molecule has 2 atom stereocenters. The van der Waals surface area contributed by atoms with Crippen molar-refractivity contribution in [3.63, 3.8) is 0 Å². The Morgan fingerprint density at radius 2 is 2.00 bits per heavy atom. The van der Waals surface area contributed by atoms with Crippen LogP contribution in [0.2, 0.25) is 0 Å². The summed E-state index contributed by atoms with van der Waals surface area (Å²) in [4.78, 5) is 0. The summed E-state index contributed by atoms with van der Waals surface area (Å²) in [5, 5.41) is 20.4. The fourth-order valence-electron chi connectivity index (χ4n) is 0.826. The summed E-state index contributed by atoms with van der Waals surface area (Å²) in [6, 6.07) is 0. The number of aliphatic hydroxyl groups excluding tert-OH is 2. The predicted molar refractivity (Wildman–Crippen MR) is 29.3 cm³/mol. The largest absolute Gasteiger partial charge is 0.392 e. The van der Waals surface area contributed by atoms with Crippen LogP contribution in [0.25, 0.3) is 0 Å². The first-order chi connectivity index (χ1) is 3.79. The van der Waals surface area contributed by atoms with Gasteiger partial charge in [0, 0.05) is 6.54 Å². The molecule has 1 rings (SSSR count). The van der Waals surface area contributed by atoms with E-state index in [1.165, 1.54) is 0 Å². The molecule has 48 valence electrons. The Labute approximate surface area is 48.3 Å². The zero-order chi connectivity index (χ0) is 5.98. The van der Waals surface area contributed by atoms with Gasteiger partial charge in [0.15, 0.2) is 0 Å². The molecule has 0 saturated carbocycles. The normalized spacial score (nSPS) is 39.8. The van der Waals surface area contributed by atoms with Gasteiger partial charge in [-0.1, -0.05) is 0 Å². The number of aliphatic hydroxyl groups is 2. The van der Waals surface area contributed by atoms with E-state index < -0.39 is 6.23 Å². The molecule has 0 aliphatic carbocycles. The van der Waals surface area contributed by atoms with E-state index in [2.05, 4.69) is 5.32 Å². The second-order valence-corrected chi connectivity index (χ2v) is 2.16. The summed E-state index contributed by atoms with van der Waals surface area (Å²) in [5.41, 5.74) is 0. The van der Waals surface area contributed by atoms with E-state index in [1.54, 1.807) is 0 Å². The SMILES string of the molecule is OC1CCC(O)NC1. The van der Waals surface area contributed by atoms with Crippen molar-refractivity contribution in [1.82, 2.24) is 5.32 Å². The molecular weight excluding hydrogens is 106 g/mol. The van der Waals surface area contributed by atoms with Crippen molar-refractivity contribution in [3.8, 4) is 0 Å². The molecule has 0 bridgehead atoms. The number of piperidine rings is 1. The highest BCUT2D eigenvalue weighted by Gasteiger charge is 2.14. The average molecular weight is 117 g/mol. The van der Waals surface area contributed by atoms with Crippen LogP contribution in [0.15, 0.2) is 0 Å². The number of hydrogen-bond donors (Lipinski definition) is 3. The maximum Gasteiger partial charge on any atom is 0.105 e. The van der Waals surface area contributed by atoms with Crippen LogP contribution in [-0.4, -0.2) is 29.1 Å². The molecule has 1 aliphatic rings. The minimum absolute atomic E-state index is 0.251. The summed E-state index contributed by atoms with van der Waals surface area (Å²) >= 11 is 0. The molecule has 1 saturated heterocycles. The Morgan fingerprint density at radius 1 is 1.25 bits per heavy atom. The molecule has 1 aliphatic heterocycles. The Hall–Kier alpha value is -0.120. The lowest BCUT2D eigenvalue weighted by Gasteiger charge is -2.22. The Kier molecular flexibility index (Phi) is 1.83. The molecular formula is C5H11NO2. The zero-order valence-corrected chi connectivity index (χ0v) is 4.67. The van der Waals surface area contributed by atoms with Crippen molar-refractivity contribution in [3.05, 3.63) is 0 Å². The molecule has 3 heteroatoms. The summed E-state index contributed by atoms with van der Waals surface area (Å²) < 4.78 is 0. The minimum atomic E-state index is -0.390. The number of β-amino-alcohol motifs (C(OH)–C–C–N with tert-alkyl or cyclic N) is 1. The van der Waals surface area contributed by atoms with Crippen LogP contribution in [0.3, 0.4) is 0 Å². The quantitative estimate of drug-likeness (QED) is 0.383. The third kappa shape index (κ3) is 1.43. The van der Waals surface area contributed by atoms with Gasteiger partial charge >= 0.3 is 0 Å². The fourth-order valence-corrected chi connectivity index (χ4v) is 0.826. The molecule has 0 aromatic carbocycles. The lowest BCUT2D eigenvalue weighted by molar-refractivity contribution is 0.0441. The van der Waals surface area contributed by atoms with E-state index in [-0.39, 0.29) is 6.10 Å². The Bertz CT molecular complexity index is 58.8. The van der Waals surface area contributed by atoms with E-state index in [1.807, 2.05) is 0 Å². The molecule has 3 nitrogen and oxygen atoms in total. The summed E-state index contributed by atoms with van der Waals surface area (Å²) in [6.07, 6.45) is 0.742. The second kappa shape index (κ2) is 2.44. The lowest BCUT2D eigenvalue weighted by Crippen LogP contribution is -2.41. The standard InChI is InChI=1S/C5H11NO2/c7-4-1-2-5(8)6-3-4/h4-8H,1-3H2. The maximum absolute atomic E-state index is 8.85.